The lowest BCUT2D eigenvalue weighted by atomic mass is 9.36. The lowest BCUT2D eigenvalue weighted by Crippen LogP contribution is -2.58. The molecule has 0 radical (unpaired) electrons. The average Bonchev–Trinajstić information content (AvgIpc) is 3.34. The number of rotatable bonds is 6. The van der Waals surface area contributed by atoms with E-state index in [4.69, 9.17) is 0 Å². The Morgan fingerprint density at radius 2 is 0.638 bits per heavy atom. The van der Waals surface area contributed by atoms with E-state index in [0.29, 0.717) is 0 Å². The molecule has 0 heterocycles. The number of benzene rings is 8. The van der Waals surface area contributed by atoms with Crippen LogP contribution in [0.4, 0.5) is 87.8 Å². The third kappa shape index (κ3) is 6.48. The Bertz CT molecular complexity index is 3370. The van der Waals surface area contributed by atoms with Gasteiger partial charge in [0.2, 0.25) is 0 Å². The van der Waals surface area contributed by atoms with Gasteiger partial charge in [-0.05, 0) is 49.9 Å². The van der Waals surface area contributed by atoms with Gasteiger partial charge < -0.3 is 0 Å². The average molecular weight is 982 g/mol. The molecule has 0 N–H and O–H groups in total. The van der Waals surface area contributed by atoms with Crippen LogP contribution in [-0.4, -0.2) is 13.4 Å². The highest BCUT2D eigenvalue weighted by Gasteiger charge is 2.44. The molecule has 0 amide bonds. The summed E-state index contributed by atoms with van der Waals surface area (Å²) >= 11 is 0. The Balaban J connectivity index is 1.32. The Morgan fingerprint density at radius 3 is 1.01 bits per heavy atom. The summed E-state index contributed by atoms with van der Waals surface area (Å²) in [7, 11) is 0. The van der Waals surface area contributed by atoms with Crippen LogP contribution >= 0.6 is 0 Å². The summed E-state index contributed by atoms with van der Waals surface area (Å²) in [4.78, 5) is 0. The Kier molecular flexibility index (Phi) is 11.0. The summed E-state index contributed by atoms with van der Waals surface area (Å²) in [6.07, 6.45) is 0. The molecule has 69 heavy (non-hydrogen) atoms. The first-order chi connectivity index (χ1) is 32.4. The van der Waals surface area contributed by atoms with Crippen LogP contribution in [0.3, 0.4) is 0 Å². The molecule has 0 fully saturated rings. The minimum Gasteiger partial charge on any atom is -0.204 e. The standard InChI is InChI=1S/C47H16B2F20/c1-47(2)20-5-3-4-17-18-11-14(48(23-27(50)35(58)43(66)36(59)28(23)51)24-29(52)37(60)44(67)38(61)30(24)53)7-6-13(18)10-19(22(17)20)16-9-8-15(12-21(16)47)49(25-31(54)39(62)45(68)40(63)32(25)55)26-33(56)41(64)46(69)42(65)34(26)57/h3-12H,1-2H3. The molecule has 0 aromatic heterocycles. The monoisotopic (exact) mass is 982 g/mol. The summed E-state index contributed by atoms with van der Waals surface area (Å²) in [6, 6.07) is 11.3. The predicted molar refractivity (Wildman–Crippen MR) is 213 cm³/mol. The Hall–Kier alpha value is -6.99. The molecule has 0 unspecified atom stereocenters. The topological polar surface area (TPSA) is 0 Å². The lowest BCUT2D eigenvalue weighted by Gasteiger charge is -2.36. The van der Waals surface area contributed by atoms with E-state index in [1.54, 1.807) is 0 Å². The van der Waals surface area contributed by atoms with Gasteiger partial charge in [0, 0.05) is 27.3 Å². The van der Waals surface area contributed by atoms with Gasteiger partial charge in [0.25, 0.3) is 13.4 Å². The second kappa shape index (κ2) is 16.0. The summed E-state index contributed by atoms with van der Waals surface area (Å²) in [5, 5.41) is 0.396. The van der Waals surface area contributed by atoms with E-state index < -0.39 is 168 Å². The third-order valence-corrected chi connectivity index (χ3v) is 12.5. The normalized spacial score (nSPS) is 12.9. The van der Waals surface area contributed by atoms with Gasteiger partial charge in [-0.1, -0.05) is 79.4 Å². The molecule has 0 atom stereocenters. The second-order valence-corrected chi connectivity index (χ2v) is 16.4. The number of fused-ring (bicyclic) bond motifs is 4. The van der Waals surface area contributed by atoms with E-state index in [-0.39, 0.29) is 43.8 Å². The molecule has 0 bridgehead atoms. The van der Waals surface area contributed by atoms with Crippen molar-refractivity contribution in [3.63, 3.8) is 0 Å². The largest absolute Gasteiger partial charge is 0.257 e. The van der Waals surface area contributed by atoms with Crippen LogP contribution < -0.4 is 32.8 Å². The van der Waals surface area contributed by atoms with E-state index in [9.17, 15) is 52.7 Å². The first-order valence-corrected chi connectivity index (χ1v) is 19.6. The molecule has 8 aromatic carbocycles. The van der Waals surface area contributed by atoms with Crippen molar-refractivity contribution in [2.45, 2.75) is 19.3 Å². The SMILES string of the molecule is CC1(C)c2cc(B(c3c(F)c(F)c(F)c(F)c3F)c3c(F)c(F)c(F)c(F)c3F)ccc2-c2cc3ccc(B(c4c(F)c(F)c(F)c(F)c4F)c4c(F)c(F)c(F)c(F)c4F)cc3c3cccc1c23. The van der Waals surface area contributed by atoms with Gasteiger partial charge in [-0.15, -0.1) is 0 Å². The van der Waals surface area contributed by atoms with E-state index in [1.165, 1.54) is 38.1 Å². The molecule has 1 aliphatic rings. The number of halogens is 20. The van der Waals surface area contributed by atoms with Gasteiger partial charge in [0.05, 0.1) is 0 Å². The lowest BCUT2D eigenvalue weighted by molar-refractivity contribution is 0.382. The van der Waals surface area contributed by atoms with E-state index in [1.807, 2.05) is 0 Å². The molecule has 0 nitrogen and oxygen atoms in total. The van der Waals surface area contributed by atoms with Crippen molar-refractivity contribution in [2.75, 3.05) is 0 Å². The van der Waals surface area contributed by atoms with Crippen LogP contribution in [0.15, 0.2) is 60.7 Å². The van der Waals surface area contributed by atoms with Crippen LogP contribution in [0.25, 0.3) is 32.7 Å². The fraction of sp³-hybridized carbons (Fsp3) is 0.0638. The molecule has 0 aliphatic heterocycles. The fourth-order valence-corrected chi connectivity index (χ4v) is 9.24. The highest BCUT2D eigenvalue weighted by Crippen LogP contribution is 2.50. The van der Waals surface area contributed by atoms with E-state index >= 15 is 35.1 Å². The molecule has 9 rings (SSSR count). The molecular weight excluding hydrogens is 966 g/mol. The molecule has 8 aromatic rings. The van der Waals surface area contributed by atoms with Crippen molar-refractivity contribution >= 4 is 67.7 Å². The first kappa shape index (κ1) is 47.1. The van der Waals surface area contributed by atoms with Crippen LogP contribution in [0.5, 0.6) is 0 Å². The molecular formula is C47H16B2F20. The molecule has 350 valence electrons. The van der Waals surface area contributed by atoms with Crippen molar-refractivity contribution in [3.05, 3.63) is 188 Å². The quantitative estimate of drug-likeness (QED) is 0.0512. The Morgan fingerprint density at radius 1 is 0.304 bits per heavy atom. The zero-order valence-electron chi connectivity index (χ0n) is 34.0. The van der Waals surface area contributed by atoms with Crippen molar-refractivity contribution in [2.24, 2.45) is 0 Å². The van der Waals surface area contributed by atoms with Gasteiger partial charge in [-0.2, -0.15) is 0 Å². The van der Waals surface area contributed by atoms with Gasteiger partial charge in [-0.3, -0.25) is 0 Å². The molecule has 0 spiro atoms. The molecule has 0 saturated heterocycles. The van der Waals surface area contributed by atoms with Crippen molar-refractivity contribution < 1.29 is 87.8 Å². The third-order valence-electron chi connectivity index (χ3n) is 12.5. The molecule has 0 saturated carbocycles. The van der Waals surface area contributed by atoms with Gasteiger partial charge >= 0.3 is 0 Å². The van der Waals surface area contributed by atoms with Crippen LogP contribution in [-0.2, 0) is 5.41 Å². The zero-order chi connectivity index (χ0) is 50.4. The van der Waals surface area contributed by atoms with E-state index in [2.05, 4.69) is 0 Å². The van der Waals surface area contributed by atoms with Crippen molar-refractivity contribution in [3.8, 4) is 11.1 Å². The van der Waals surface area contributed by atoms with Crippen LogP contribution in [0, 0.1) is 116 Å². The summed E-state index contributed by atoms with van der Waals surface area (Å²) in [5.41, 5.74) is -10.4. The summed E-state index contributed by atoms with van der Waals surface area (Å²) < 4.78 is 300. The minimum atomic E-state index is -2.94. The molecule has 22 heteroatoms. The van der Waals surface area contributed by atoms with Gasteiger partial charge in [-0.25, -0.2) is 87.8 Å². The fourth-order valence-electron chi connectivity index (χ4n) is 9.24. The maximum absolute atomic E-state index is 15.6. The summed E-state index contributed by atoms with van der Waals surface area (Å²) in [6.45, 7) is -2.92. The predicted octanol–water partition coefficient (Wildman–Crippen LogP) is 10.1. The Labute approximate surface area is 373 Å². The molecule has 1 aliphatic carbocycles. The summed E-state index contributed by atoms with van der Waals surface area (Å²) in [5.74, 6) is -53.3. The first-order valence-electron chi connectivity index (χ1n) is 19.6. The van der Waals surface area contributed by atoms with Crippen LogP contribution in [0.2, 0.25) is 0 Å². The highest BCUT2D eigenvalue weighted by atomic mass is 19.2. The van der Waals surface area contributed by atoms with Gasteiger partial charge in [0.1, 0.15) is 0 Å². The smallest absolute Gasteiger partial charge is 0.204 e. The number of hydrogen-bond acceptors (Lipinski definition) is 0. The zero-order valence-corrected chi connectivity index (χ0v) is 34.0. The minimum absolute atomic E-state index is 0.0337. The second-order valence-electron chi connectivity index (χ2n) is 16.4. The highest BCUT2D eigenvalue weighted by molar-refractivity contribution is 6.96. The maximum Gasteiger partial charge on any atom is 0.257 e. The van der Waals surface area contributed by atoms with Crippen LogP contribution in [0.1, 0.15) is 25.0 Å². The van der Waals surface area contributed by atoms with Crippen molar-refractivity contribution in [1.82, 2.24) is 0 Å². The number of hydrogen-bond donors (Lipinski definition) is 0. The van der Waals surface area contributed by atoms with Gasteiger partial charge in [0.15, 0.2) is 116 Å². The van der Waals surface area contributed by atoms with Crippen molar-refractivity contribution in [1.29, 1.82) is 0 Å². The van der Waals surface area contributed by atoms with E-state index in [0.717, 1.165) is 36.4 Å². The maximum atomic E-state index is 15.6.